The molecule has 88 valence electrons. The van der Waals surface area contributed by atoms with Crippen LogP contribution in [0.2, 0.25) is 0 Å². The Morgan fingerprint density at radius 2 is 1.93 bits per heavy atom. The third-order valence-corrected chi connectivity index (χ3v) is 5.63. The smallest absolute Gasteiger partial charge is 0.0267 e. The topological polar surface area (TPSA) is 0 Å². The Bertz CT molecular complexity index is 208. The number of fused-ring (bicyclic) bond motifs is 1. The lowest BCUT2D eigenvalue weighted by Crippen LogP contribution is -2.36. The Hall–Kier alpha value is 0. The van der Waals surface area contributed by atoms with Gasteiger partial charge in [-0.1, -0.05) is 52.9 Å². The minimum Gasteiger partial charge on any atom is -0.0654 e. The van der Waals surface area contributed by atoms with Crippen LogP contribution in [0.3, 0.4) is 0 Å². The van der Waals surface area contributed by atoms with Gasteiger partial charge in [0.25, 0.3) is 0 Å². The Morgan fingerprint density at radius 1 is 1.13 bits per heavy atom. The van der Waals surface area contributed by atoms with Crippen molar-refractivity contribution in [2.45, 2.75) is 72.1 Å². The molecule has 2 saturated carbocycles. The van der Waals surface area contributed by atoms with Crippen molar-refractivity contribution in [2.75, 3.05) is 0 Å². The van der Waals surface area contributed by atoms with E-state index in [1.807, 2.05) is 0 Å². The lowest BCUT2D eigenvalue weighted by Gasteiger charge is -2.45. The second-order valence-electron chi connectivity index (χ2n) is 6.24. The van der Waals surface area contributed by atoms with E-state index in [0.29, 0.717) is 0 Å². The summed E-state index contributed by atoms with van der Waals surface area (Å²) in [5, 5.41) is 0. The van der Waals surface area contributed by atoms with E-state index in [-0.39, 0.29) is 0 Å². The van der Waals surface area contributed by atoms with Gasteiger partial charge < -0.3 is 0 Å². The molecule has 0 bridgehead atoms. The van der Waals surface area contributed by atoms with E-state index < -0.39 is 0 Å². The van der Waals surface area contributed by atoms with Crippen LogP contribution in [0.15, 0.2) is 0 Å². The van der Waals surface area contributed by atoms with Gasteiger partial charge in [-0.25, -0.2) is 0 Å². The number of hydrogen-bond acceptors (Lipinski definition) is 0. The van der Waals surface area contributed by atoms with Crippen LogP contribution >= 0.6 is 0 Å². The van der Waals surface area contributed by atoms with Crippen molar-refractivity contribution < 1.29 is 0 Å². The van der Waals surface area contributed by atoms with E-state index in [2.05, 4.69) is 20.8 Å². The molecule has 4 unspecified atom stereocenters. The van der Waals surface area contributed by atoms with Crippen molar-refractivity contribution >= 4 is 0 Å². The first-order chi connectivity index (χ1) is 7.22. The molecule has 0 radical (unpaired) electrons. The van der Waals surface area contributed by atoms with Gasteiger partial charge in [-0.05, 0) is 42.4 Å². The highest BCUT2D eigenvalue weighted by atomic mass is 14.5. The fraction of sp³-hybridized carbons (Fsp3) is 1.00. The Balaban J connectivity index is 2.11. The van der Waals surface area contributed by atoms with Crippen molar-refractivity contribution in [3.63, 3.8) is 0 Å². The molecule has 0 saturated heterocycles. The highest BCUT2D eigenvalue weighted by Gasteiger charge is 2.49. The highest BCUT2D eigenvalue weighted by molar-refractivity contribution is 4.99. The van der Waals surface area contributed by atoms with Gasteiger partial charge in [-0.3, -0.25) is 0 Å². The van der Waals surface area contributed by atoms with Gasteiger partial charge in [0.1, 0.15) is 0 Å². The highest BCUT2D eigenvalue weighted by Crippen LogP contribution is 2.59. The minimum atomic E-state index is 0.731. The lowest BCUT2D eigenvalue weighted by molar-refractivity contribution is 0.0463. The predicted octanol–water partition coefficient (Wildman–Crippen LogP) is 5.03. The Kier molecular flexibility index (Phi) is 3.42. The molecule has 2 fully saturated rings. The van der Waals surface area contributed by atoms with Crippen molar-refractivity contribution in [1.29, 1.82) is 0 Å². The molecule has 15 heavy (non-hydrogen) atoms. The molecule has 0 heterocycles. The molecular weight excluding hydrogens is 180 g/mol. The molecule has 0 spiro atoms. The largest absolute Gasteiger partial charge is 0.0654 e. The molecular formula is C15H28. The summed E-state index contributed by atoms with van der Waals surface area (Å²) in [6.45, 7) is 7.38. The molecule has 0 nitrogen and oxygen atoms in total. The predicted molar refractivity (Wildman–Crippen MR) is 66.9 cm³/mol. The third kappa shape index (κ3) is 1.85. The summed E-state index contributed by atoms with van der Waals surface area (Å²) in [7, 11) is 0. The third-order valence-electron chi connectivity index (χ3n) is 5.63. The molecule has 0 heteroatoms. The van der Waals surface area contributed by atoms with E-state index in [1.54, 1.807) is 6.42 Å². The van der Waals surface area contributed by atoms with Crippen LogP contribution in [0.1, 0.15) is 72.1 Å². The number of rotatable bonds is 3. The molecule has 4 atom stereocenters. The standard InChI is InChI=1S/C15H28/c1-4-7-13-9-10-14-12(5-2)8-6-11-15(13,14)3/h12-14H,4-11H2,1-3H3. The van der Waals surface area contributed by atoms with Gasteiger partial charge in [-0.15, -0.1) is 0 Å². The zero-order chi connectivity index (χ0) is 10.9. The maximum atomic E-state index is 2.62. The molecule has 0 amide bonds. The fourth-order valence-electron chi connectivity index (χ4n) is 4.76. The van der Waals surface area contributed by atoms with Crippen molar-refractivity contribution in [2.24, 2.45) is 23.2 Å². The molecule has 0 aromatic rings. The average molecular weight is 208 g/mol. The Labute approximate surface area is 95.8 Å². The zero-order valence-electron chi connectivity index (χ0n) is 10.9. The summed E-state index contributed by atoms with van der Waals surface area (Å²) in [4.78, 5) is 0. The SMILES string of the molecule is CCCC1CCC2C(CC)CCCC12C. The second-order valence-corrected chi connectivity index (χ2v) is 6.24. The minimum absolute atomic E-state index is 0.731. The van der Waals surface area contributed by atoms with Gasteiger partial charge in [0.05, 0.1) is 0 Å². The van der Waals surface area contributed by atoms with Gasteiger partial charge in [-0.2, -0.15) is 0 Å². The first-order valence-corrected chi connectivity index (χ1v) is 7.22. The van der Waals surface area contributed by atoms with Crippen molar-refractivity contribution in [3.8, 4) is 0 Å². The van der Waals surface area contributed by atoms with Gasteiger partial charge in [0.15, 0.2) is 0 Å². The van der Waals surface area contributed by atoms with E-state index >= 15 is 0 Å². The molecule has 0 aromatic carbocycles. The van der Waals surface area contributed by atoms with Gasteiger partial charge in [0.2, 0.25) is 0 Å². The fourth-order valence-corrected chi connectivity index (χ4v) is 4.76. The van der Waals surface area contributed by atoms with Crippen LogP contribution in [0.25, 0.3) is 0 Å². The van der Waals surface area contributed by atoms with E-state index in [9.17, 15) is 0 Å². The maximum Gasteiger partial charge on any atom is -0.0267 e. The van der Waals surface area contributed by atoms with E-state index in [0.717, 1.165) is 23.2 Å². The summed E-state index contributed by atoms with van der Waals surface area (Å²) in [5.41, 5.74) is 0.731. The Morgan fingerprint density at radius 3 is 2.60 bits per heavy atom. The summed E-state index contributed by atoms with van der Waals surface area (Å²) < 4.78 is 0. The average Bonchev–Trinajstić information content (AvgIpc) is 2.56. The van der Waals surface area contributed by atoms with Crippen LogP contribution in [0.4, 0.5) is 0 Å². The van der Waals surface area contributed by atoms with Crippen LogP contribution < -0.4 is 0 Å². The quantitative estimate of drug-likeness (QED) is 0.610. The van der Waals surface area contributed by atoms with E-state index in [4.69, 9.17) is 0 Å². The lowest BCUT2D eigenvalue weighted by atomic mass is 9.60. The molecule has 0 N–H and O–H groups in total. The molecule has 2 aliphatic rings. The normalized spacial score (nSPS) is 45.4. The first-order valence-electron chi connectivity index (χ1n) is 7.22. The molecule has 0 aromatic heterocycles. The van der Waals surface area contributed by atoms with Crippen molar-refractivity contribution in [1.82, 2.24) is 0 Å². The van der Waals surface area contributed by atoms with E-state index in [1.165, 1.54) is 44.9 Å². The summed E-state index contributed by atoms with van der Waals surface area (Å²) in [6, 6.07) is 0. The summed E-state index contributed by atoms with van der Waals surface area (Å²) in [6.07, 6.45) is 11.9. The van der Waals surface area contributed by atoms with Crippen LogP contribution in [0.5, 0.6) is 0 Å². The molecule has 2 rings (SSSR count). The van der Waals surface area contributed by atoms with Gasteiger partial charge >= 0.3 is 0 Å². The van der Waals surface area contributed by atoms with Crippen molar-refractivity contribution in [3.05, 3.63) is 0 Å². The summed E-state index contributed by atoms with van der Waals surface area (Å²) in [5.74, 6) is 3.19. The second kappa shape index (κ2) is 4.47. The molecule has 0 aliphatic heterocycles. The van der Waals surface area contributed by atoms with Crippen LogP contribution in [0, 0.1) is 23.2 Å². The van der Waals surface area contributed by atoms with Crippen LogP contribution in [-0.2, 0) is 0 Å². The first kappa shape index (κ1) is 11.5. The summed E-state index contributed by atoms with van der Waals surface area (Å²) >= 11 is 0. The van der Waals surface area contributed by atoms with Crippen LogP contribution in [-0.4, -0.2) is 0 Å². The maximum absolute atomic E-state index is 2.62. The monoisotopic (exact) mass is 208 g/mol. The molecule has 2 aliphatic carbocycles. The van der Waals surface area contributed by atoms with Gasteiger partial charge in [0, 0.05) is 0 Å². The number of hydrogen-bond donors (Lipinski definition) is 0. The zero-order valence-corrected chi connectivity index (χ0v) is 10.9.